The predicted octanol–water partition coefficient (Wildman–Crippen LogP) is 26.2. The van der Waals surface area contributed by atoms with Crippen LogP contribution in [0.1, 0.15) is 459 Å². The summed E-state index contributed by atoms with van der Waals surface area (Å²) in [4.78, 5) is 73.3. The highest BCUT2D eigenvalue weighted by molar-refractivity contribution is 7.47. The second-order valence-electron chi connectivity index (χ2n) is 31.9. The van der Waals surface area contributed by atoms with E-state index in [1.165, 1.54) is 276 Å². The summed E-state index contributed by atoms with van der Waals surface area (Å²) in [6.07, 6.45) is 69.4. The lowest BCUT2D eigenvalue weighted by Gasteiger charge is -2.21. The molecule has 2 unspecified atom stereocenters. The van der Waals surface area contributed by atoms with Gasteiger partial charge in [0.15, 0.2) is 12.2 Å². The monoisotopic (exact) mass is 1540 g/mol. The number of carbonyl (C=O) groups is 4. The highest BCUT2D eigenvalue weighted by Crippen LogP contribution is 2.45. The maximum absolute atomic E-state index is 13.1. The van der Waals surface area contributed by atoms with E-state index in [-0.39, 0.29) is 25.7 Å². The Bertz CT molecular complexity index is 2010. The van der Waals surface area contributed by atoms with E-state index in [0.29, 0.717) is 25.7 Å². The molecule has 0 bridgehead atoms. The zero-order valence-electron chi connectivity index (χ0n) is 69.0. The van der Waals surface area contributed by atoms with Crippen LogP contribution >= 0.6 is 15.6 Å². The standard InChI is InChI=1S/C86H168O17P2/c1-7-9-11-13-15-17-19-21-23-25-27-29-31-35-39-45-52-58-64-70-85(90)102-81(74-96-83(88)68-62-56-50-44-38-34-30-28-26-24-22-20-18-16-14-12-10-8-2)76-100-104(92,93)98-72-80(87)73-99-105(94,95)101-77-82(75-97-84(89)69-63-57-51-47-41-43-49-55-61-67-79(5)6)103-86(91)71-65-59-53-46-40-36-32-33-37-42-48-54-60-66-78(3)4/h78-82,87H,7-77H2,1-6H3,(H,92,93)(H,94,95)/t80-,81-,82-/m1/s1. The summed E-state index contributed by atoms with van der Waals surface area (Å²) < 4.78 is 68.9. The number of unbranched alkanes of at least 4 members (excludes halogenated alkanes) is 55. The molecule has 0 fully saturated rings. The van der Waals surface area contributed by atoms with Crippen molar-refractivity contribution in [3.05, 3.63) is 0 Å². The molecule has 0 rings (SSSR count). The van der Waals surface area contributed by atoms with Crippen molar-refractivity contribution in [2.45, 2.75) is 477 Å². The number of hydrogen-bond donors (Lipinski definition) is 3. The first kappa shape index (κ1) is 103. The van der Waals surface area contributed by atoms with Gasteiger partial charge in [0.2, 0.25) is 0 Å². The molecule has 0 radical (unpaired) electrons. The average Bonchev–Trinajstić information content (AvgIpc) is 0.929. The van der Waals surface area contributed by atoms with E-state index < -0.39 is 97.5 Å². The van der Waals surface area contributed by atoms with Crippen LogP contribution in [0, 0.1) is 11.8 Å². The first-order valence-electron chi connectivity index (χ1n) is 44.5. The van der Waals surface area contributed by atoms with Gasteiger partial charge in [0.25, 0.3) is 0 Å². The van der Waals surface area contributed by atoms with E-state index in [4.69, 9.17) is 37.0 Å². The Morgan fingerprint density at radius 3 is 0.648 bits per heavy atom. The first-order valence-corrected chi connectivity index (χ1v) is 47.5. The minimum Gasteiger partial charge on any atom is -0.462 e. The van der Waals surface area contributed by atoms with Gasteiger partial charge in [-0.3, -0.25) is 37.3 Å². The van der Waals surface area contributed by atoms with Crippen molar-refractivity contribution in [2.75, 3.05) is 39.6 Å². The third-order valence-electron chi connectivity index (χ3n) is 20.2. The third kappa shape index (κ3) is 79.9. The second kappa shape index (κ2) is 77.4. The van der Waals surface area contributed by atoms with Crippen LogP contribution in [-0.2, 0) is 65.4 Å². The molecule has 3 N–H and O–H groups in total. The van der Waals surface area contributed by atoms with Crippen molar-refractivity contribution in [1.29, 1.82) is 0 Å². The average molecular weight is 1540 g/mol. The third-order valence-corrected chi connectivity index (χ3v) is 22.1. The predicted molar refractivity (Wildman–Crippen MR) is 432 cm³/mol. The smallest absolute Gasteiger partial charge is 0.462 e. The summed E-state index contributed by atoms with van der Waals surface area (Å²) in [6, 6.07) is 0. The van der Waals surface area contributed by atoms with E-state index in [1.807, 2.05) is 0 Å². The van der Waals surface area contributed by atoms with Crippen LogP contribution < -0.4 is 0 Å². The molecular weight excluding hydrogens is 1370 g/mol. The zero-order valence-corrected chi connectivity index (χ0v) is 70.8. The van der Waals surface area contributed by atoms with Crippen molar-refractivity contribution in [3.63, 3.8) is 0 Å². The van der Waals surface area contributed by atoms with E-state index >= 15 is 0 Å². The van der Waals surface area contributed by atoms with Crippen LogP contribution in [-0.4, -0.2) is 96.7 Å². The van der Waals surface area contributed by atoms with Crippen LogP contribution in [0.3, 0.4) is 0 Å². The molecule has 0 saturated heterocycles. The summed E-state index contributed by atoms with van der Waals surface area (Å²) in [5, 5.41) is 10.7. The number of esters is 4. The lowest BCUT2D eigenvalue weighted by Crippen LogP contribution is -2.30. The number of phosphoric ester groups is 2. The van der Waals surface area contributed by atoms with Crippen LogP contribution in [0.5, 0.6) is 0 Å². The number of rotatable bonds is 85. The molecule has 0 heterocycles. The normalized spacial score (nSPS) is 13.8. The molecule has 5 atom stereocenters. The highest BCUT2D eigenvalue weighted by atomic mass is 31.2. The number of aliphatic hydroxyl groups excluding tert-OH is 1. The molecule has 0 aromatic carbocycles. The number of aliphatic hydroxyl groups is 1. The van der Waals surface area contributed by atoms with Gasteiger partial charge in [0, 0.05) is 25.7 Å². The van der Waals surface area contributed by atoms with Gasteiger partial charge in [-0.15, -0.1) is 0 Å². The minimum absolute atomic E-state index is 0.107. The summed E-state index contributed by atoms with van der Waals surface area (Å²) in [5.41, 5.74) is 0. The van der Waals surface area contributed by atoms with Gasteiger partial charge in [-0.1, -0.05) is 408 Å². The van der Waals surface area contributed by atoms with Crippen molar-refractivity contribution in [3.8, 4) is 0 Å². The Kier molecular flexibility index (Phi) is 76.0. The molecule has 0 aliphatic heterocycles. The van der Waals surface area contributed by atoms with Gasteiger partial charge < -0.3 is 33.8 Å². The molecule has 0 saturated carbocycles. The van der Waals surface area contributed by atoms with Crippen molar-refractivity contribution in [2.24, 2.45) is 11.8 Å². The van der Waals surface area contributed by atoms with Gasteiger partial charge in [-0.2, -0.15) is 0 Å². The van der Waals surface area contributed by atoms with Gasteiger partial charge >= 0.3 is 39.5 Å². The van der Waals surface area contributed by atoms with Gasteiger partial charge in [-0.25, -0.2) is 9.13 Å². The Labute approximate surface area is 645 Å². The molecule has 0 spiro atoms. The second-order valence-corrected chi connectivity index (χ2v) is 34.8. The maximum Gasteiger partial charge on any atom is 0.472 e. The number of carbonyl (C=O) groups excluding carboxylic acids is 4. The van der Waals surface area contributed by atoms with Gasteiger partial charge in [0.1, 0.15) is 19.3 Å². The Balaban J connectivity index is 5.26. The molecule has 0 aliphatic carbocycles. The minimum atomic E-state index is -4.97. The topological polar surface area (TPSA) is 237 Å². The molecule has 105 heavy (non-hydrogen) atoms. The fourth-order valence-corrected chi connectivity index (χ4v) is 15.0. The van der Waals surface area contributed by atoms with Crippen LogP contribution in [0.15, 0.2) is 0 Å². The molecule has 624 valence electrons. The summed E-state index contributed by atoms with van der Waals surface area (Å²) in [7, 11) is -9.93. The summed E-state index contributed by atoms with van der Waals surface area (Å²) in [5.74, 6) is -0.571. The Morgan fingerprint density at radius 2 is 0.438 bits per heavy atom. The van der Waals surface area contributed by atoms with Crippen molar-refractivity contribution >= 4 is 39.5 Å². The number of hydrogen-bond acceptors (Lipinski definition) is 15. The van der Waals surface area contributed by atoms with Gasteiger partial charge in [0.05, 0.1) is 26.4 Å². The van der Waals surface area contributed by atoms with Gasteiger partial charge in [-0.05, 0) is 37.5 Å². The Morgan fingerprint density at radius 1 is 0.257 bits per heavy atom. The molecular formula is C86H168O17P2. The SMILES string of the molecule is CCCCCCCCCCCCCCCCCCCCCC(=O)O[C@H](COC(=O)CCCCCCCCCCCCCCCCCCCC)COP(=O)(O)OC[C@@H](O)COP(=O)(O)OC[C@@H](COC(=O)CCCCCCCCCCCC(C)C)OC(=O)CCCCCCCCCCCCCCCC(C)C. The van der Waals surface area contributed by atoms with E-state index in [0.717, 1.165) is 102 Å². The first-order chi connectivity index (χ1) is 50.9. The number of phosphoric acid groups is 2. The highest BCUT2D eigenvalue weighted by Gasteiger charge is 2.30. The van der Waals surface area contributed by atoms with Crippen LogP contribution in [0.4, 0.5) is 0 Å². The molecule has 0 aliphatic rings. The van der Waals surface area contributed by atoms with E-state index in [2.05, 4.69) is 41.5 Å². The molecule has 17 nitrogen and oxygen atoms in total. The largest absolute Gasteiger partial charge is 0.472 e. The molecule has 0 amide bonds. The van der Waals surface area contributed by atoms with Crippen LogP contribution in [0.2, 0.25) is 0 Å². The lowest BCUT2D eigenvalue weighted by molar-refractivity contribution is -0.161. The Hall–Kier alpha value is -1.94. The zero-order chi connectivity index (χ0) is 77.1. The summed E-state index contributed by atoms with van der Waals surface area (Å²) in [6.45, 7) is 9.67. The molecule has 19 heteroatoms. The van der Waals surface area contributed by atoms with E-state index in [9.17, 15) is 43.2 Å². The lowest BCUT2D eigenvalue weighted by atomic mass is 10.0. The fourth-order valence-electron chi connectivity index (χ4n) is 13.4. The van der Waals surface area contributed by atoms with Crippen molar-refractivity contribution < 1.29 is 80.2 Å². The van der Waals surface area contributed by atoms with Crippen molar-refractivity contribution in [1.82, 2.24) is 0 Å². The molecule has 0 aromatic rings. The maximum atomic E-state index is 13.1. The quantitative estimate of drug-likeness (QED) is 0.0222. The van der Waals surface area contributed by atoms with E-state index in [1.54, 1.807) is 0 Å². The fraction of sp³-hybridized carbons (Fsp3) is 0.953. The number of ether oxygens (including phenoxy) is 4. The molecule has 0 aromatic heterocycles. The summed E-state index contributed by atoms with van der Waals surface area (Å²) >= 11 is 0. The van der Waals surface area contributed by atoms with Crippen LogP contribution in [0.25, 0.3) is 0 Å².